The highest BCUT2D eigenvalue weighted by Gasteiger charge is 2.40. The third-order valence-corrected chi connectivity index (χ3v) is 4.48. The predicted octanol–water partition coefficient (Wildman–Crippen LogP) is 1.90. The summed E-state index contributed by atoms with van der Waals surface area (Å²) in [6.45, 7) is -4.33. The molecule has 154 valence electrons. The zero-order chi connectivity index (χ0) is 21.3. The molecule has 1 aliphatic rings. The van der Waals surface area contributed by atoms with Crippen molar-refractivity contribution in [2.45, 2.75) is 17.2 Å². The molecule has 1 aromatic rings. The number of carbonyl (C=O) groups excluding carboxylic acids is 2. The quantitative estimate of drug-likeness (QED) is 0.256. The molecule has 0 saturated heterocycles. The summed E-state index contributed by atoms with van der Waals surface area (Å²) in [5.41, 5.74) is -2.64. The highest BCUT2D eigenvalue weighted by molar-refractivity contribution is 7.90. The van der Waals surface area contributed by atoms with Gasteiger partial charge in [0, 0.05) is 5.56 Å². The van der Waals surface area contributed by atoms with E-state index in [9.17, 15) is 44.3 Å². The van der Waals surface area contributed by atoms with Gasteiger partial charge in [0.1, 0.15) is 0 Å². The molecule has 0 fully saturated rings. The molecule has 0 atom stereocenters. The molecule has 1 heterocycles. The molecule has 28 heavy (non-hydrogen) atoms. The van der Waals surface area contributed by atoms with E-state index in [1.54, 1.807) is 4.72 Å². The van der Waals surface area contributed by atoms with Crippen LogP contribution in [0.4, 0.5) is 26.3 Å². The average Bonchev–Trinajstić information content (AvgIpc) is 2.82. The Kier molecular flexibility index (Phi) is 5.64. The van der Waals surface area contributed by atoms with Crippen LogP contribution in [0, 0.1) is 0 Å². The number of benzene rings is 1. The molecule has 0 unspecified atom stereocenters. The van der Waals surface area contributed by atoms with Crippen LogP contribution >= 0.6 is 0 Å². The average molecular weight is 433 g/mol. The standard InChI is InChI=1S/C14H9F6NO6S/c15-13(16,17)5-26-11(22)9(12(23)27-6-14(18,19)20)10-7-3-1-2-4-8(7)28(24,25)21-10/h1-4,21H,5-6H2. The van der Waals surface area contributed by atoms with Gasteiger partial charge in [-0.1, -0.05) is 18.2 Å². The number of fused-ring (bicyclic) bond motifs is 1. The van der Waals surface area contributed by atoms with E-state index in [-0.39, 0.29) is 5.56 Å². The molecule has 7 nitrogen and oxygen atoms in total. The minimum Gasteiger partial charge on any atom is -0.452 e. The number of ether oxygens (including phenoxy) is 2. The lowest BCUT2D eigenvalue weighted by Crippen LogP contribution is -2.29. The lowest BCUT2D eigenvalue weighted by Gasteiger charge is -2.13. The van der Waals surface area contributed by atoms with E-state index >= 15 is 0 Å². The Morgan fingerprint density at radius 2 is 1.36 bits per heavy atom. The number of alkyl halides is 6. The van der Waals surface area contributed by atoms with E-state index in [2.05, 4.69) is 9.47 Å². The predicted molar refractivity (Wildman–Crippen MR) is 77.7 cm³/mol. The Balaban J connectivity index is 2.51. The third kappa shape index (κ3) is 5.15. The Morgan fingerprint density at radius 1 is 0.893 bits per heavy atom. The van der Waals surface area contributed by atoms with Gasteiger partial charge in [-0.15, -0.1) is 0 Å². The van der Waals surface area contributed by atoms with Crippen molar-refractivity contribution in [3.8, 4) is 0 Å². The van der Waals surface area contributed by atoms with Crippen LogP contribution in [0.1, 0.15) is 5.56 Å². The molecule has 14 heteroatoms. The van der Waals surface area contributed by atoms with Crippen molar-refractivity contribution in [3.63, 3.8) is 0 Å². The molecule has 0 radical (unpaired) electrons. The third-order valence-electron chi connectivity index (χ3n) is 3.07. The van der Waals surface area contributed by atoms with Gasteiger partial charge in [0.2, 0.25) is 0 Å². The Hall–Kier alpha value is -2.77. The number of rotatable bonds is 4. The van der Waals surface area contributed by atoms with Crippen LogP contribution in [0.15, 0.2) is 34.7 Å². The molecular weight excluding hydrogens is 424 g/mol. The maximum absolute atomic E-state index is 12.3. The number of sulfonamides is 1. The second-order valence-corrected chi connectivity index (χ2v) is 6.89. The van der Waals surface area contributed by atoms with Crippen LogP contribution in [0.3, 0.4) is 0 Å². The van der Waals surface area contributed by atoms with E-state index in [0.29, 0.717) is 0 Å². The maximum Gasteiger partial charge on any atom is 0.422 e. The van der Waals surface area contributed by atoms with Crippen LogP contribution in [0.25, 0.3) is 5.70 Å². The molecule has 0 amide bonds. The van der Waals surface area contributed by atoms with Gasteiger partial charge < -0.3 is 9.47 Å². The number of nitrogens with one attached hydrogen (secondary N) is 1. The van der Waals surface area contributed by atoms with E-state index in [4.69, 9.17) is 0 Å². The molecule has 2 rings (SSSR count). The molecule has 1 aromatic carbocycles. The molecule has 0 spiro atoms. The highest BCUT2D eigenvalue weighted by Crippen LogP contribution is 2.33. The monoisotopic (exact) mass is 433 g/mol. The van der Waals surface area contributed by atoms with Gasteiger partial charge in [0.25, 0.3) is 10.0 Å². The van der Waals surface area contributed by atoms with E-state index in [0.717, 1.165) is 12.1 Å². The minimum absolute atomic E-state index is 0.328. The van der Waals surface area contributed by atoms with Gasteiger partial charge in [-0.3, -0.25) is 4.72 Å². The van der Waals surface area contributed by atoms with Gasteiger partial charge in [-0.2, -0.15) is 26.3 Å². The van der Waals surface area contributed by atoms with Crippen molar-refractivity contribution in [1.29, 1.82) is 0 Å². The maximum atomic E-state index is 12.3. The highest BCUT2D eigenvalue weighted by atomic mass is 32.2. The van der Waals surface area contributed by atoms with Gasteiger partial charge in [0.05, 0.1) is 10.6 Å². The molecule has 1 aliphatic heterocycles. The molecule has 0 aliphatic carbocycles. The van der Waals surface area contributed by atoms with Crippen molar-refractivity contribution < 1.29 is 53.8 Å². The number of esters is 2. The molecule has 1 N–H and O–H groups in total. The van der Waals surface area contributed by atoms with Crippen molar-refractivity contribution in [2.24, 2.45) is 0 Å². The number of halogens is 6. The first kappa shape index (κ1) is 21.5. The van der Waals surface area contributed by atoms with Crippen molar-refractivity contribution >= 4 is 27.7 Å². The number of carbonyl (C=O) groups is 2. The first-order valence-corrected chi connectivity index (χ1v) is 8.54. The summed E-state index contributed by atoms with van der Waals surface area (Å²) in [6.07, 6.45) is -10.0. The lowest BCUT2D eigenvalue weighted by atomic mass is 10.1. The Bertz CT molecular complexity index is 902. The molecule has 0 aromatic heterocycles. The SMILES string of the molecule is O=C(OCC(F)(F)F)C(C(=O)OCC(F)(F)F)=C1NS(=O)(=O)c2ccccc21. The van der Waals surface area contributed by atoms with Gasteiger partial charge in [-0.25, -0.2) is 18.0 Å². The van der Waals surface area contributed by atoms with Gasteiger partial charge in [-0.05, 0) is 6.07 Å². The summed E-state index contributed by atoms with van der Waals surface area (Å²) in [7, 11) is -4.32. The smallest absolute Gasteiger partial charge is 0.422 e. The first-order valence-electron chi connectivity index (χ1n) is 7.05. The summed E-state index contributed by atoms with van der Waals surface area (Å²) < 4.78 is 107. The lowest BCUT2D eigenvalue weighted by molar-refractivity contribution is -0.189. The topological polar surface area (TPSA) is 98.8 Å². The first-order chi connectivity index (χ1) is 12.7. The van der Waals surface area contributed by atoms with Crippen molar-refractivity contribution in [1.82, 2.24) is 4.72 Å². The van der Waals surface area contributed by atoms with Crippen molar-refractivity contribution in [3.05, 3.63) is 35.4 Å². The summed E-state index contributed by atoms with van der Waals surface area (Å²) >= 11 is 0. The Labute approximate surface area is 153 Å². The van der Waals surface area contributed by atoms with E-state index in [1.165, 1.54) is 12.1 Å². The van der Waals surface area contributed by atoms with E-state index in [1.807, 2.05) is 0 Å². The normalized spacial score (nSPS) is 15.4. The fraction of sp³-hybridized carbons (Fsp3) is 0.286. The zero-order valence-electron chi connectivity index (χ0n) is 13.3. The van der Waals surface area contributed by atoms with Gasteiger partial charge >= 0.3 is 24.3 Å². The Morgan fingerprint density at radius 3 is 1.82 bits per heavy atom. The largest absolute Gasteiger partial charge is 0.452 e. The fourth-order valence-electron chi connectivity index (χ4n) is 2.06. The minimum atomic E-state index is -5.01. The number of hydrogen-bond donors (Lipinski definition) is 1. The molecule has 0 bridgehead atoms. The summed E-state index contributed by atoms with van der Waals surface area (Å²) in [5, 5.41) is 0. The zero-order valence-corrected chi connectivity index (χ0v) is 14.2. The van der Waals surface area contributed by atoms with Crippen LogP contribution < -0.4 is 4.72 Å². The fourth-order valence-corrected chi connectivity index (χ4v) is 3.37. The van der Waals surface area contributed by atoms with Crippen LogP contribution in [0.2, 0.25) is 0 Å². The van der Waals surface area contributed by atoms with Gasteiger partial charge in [0.15, 0.2) is 18.8 Å². The summed E-state index contributed by atoms with van der Waals surface area (Å²) in [5.74, 6) is -4.03. The number of hydrogen-bond acceptors (Lipinski definition) is 6. The van der Waals surface area contributed by atoms with Crippen LogP contribution in [-0.2, 0) is 29.1 Å². The summed E-state index contributed by atoms with van der Waals surface area (Å²) in [4.78, 5) is 23.5. The molecule has 0 saturated carbocycles. The van der Waals surface area contributed by atoms with Crippen LogP contribution in [-0.4, -0.2) is 45.9 Å². The van der Waals surface area contributed by atoms with Crippen LogP contribution in [0.5, 0.6) is 0 Å². The van der Waals surface area contributed by atoms with E-state index < -0.39 is 63.7 Å². The summed E-state index contributed by atoms with van der Waals surface area (Å²) in [6, 6.07) is 4.66. The second kappa shape index (κ2) is 7.33. The second-order valence-electron chi connectivity index (χ2n) is 5.23. The van der Waals surface area contributed by atoms with Crippen molar-refractivity contribution in [2.75, 3.05) is 13.2 Å². The molecular formula is C14H9F6NO6S.